The van der Waals surface area contributed by atoms with E-state index in [0.29, 0.717) is 0 Å². The van der Waals surface area contributed by atoms with Crippen LogP contribution in [0.4, 0.5) is 0 Å². The van der Waals surface area contributed by atoms with Gasteiger partial charge in [-0.3, -0.25) is 0 Å². The molecular weight excluding hydrogens is 401 g/mol. The molecule has 0 aromatic heterocycles. The highest BCUT2D eigenvalue weighted by Crippen LogP contribution is 2.27. The third kappa shape index (κ3) is 4.32. The van der Waals surface area contributed by atoms with Crippen molar-refractivity contribution < 1.29 is 0 Å². The smallest absolute Gasteiger partial charge is 0.0551 e. The van der Waals surface area contributed by atoms with Crippen LogP contribution in [-0.4, -0.2) is 6.54 Å². The van der Waals surface area contributed by atoms with E-state index in [1.807, 2.05) is 12.1 Å². The van der Waals surface area contributed by atoms with Crippen LogP contribution in [0.3, 0.4) is 0 Å². The zero-order valence-electron chi connectivity index (χ0n) is 11.2. The van der Waals surface area contributed by atoms with E-state index in [0.717, 1.165) is 26.9 Å². The zero-order valence-corrected chi connectivity index (χ0v) is 15.1. The molecule has 1 atom stereocenters. The van der Waals surface area contributed by atoms with Crippen molar-refractivity contribution in [1.29, 1.82) is 0 Å². The van der Waals surface area contributed by atoms with E-state index in [1.165, 1.54) is 11.1 Å². The van der Waals surface area contributed by atoms with Gasteiger partial charge in [-0.2, -0.15) is 0 Å². The quantitative estimate of drug-likeness (QED) is 0.652. The standard InChI is InChI=1S/C16H16Br2ClN/c1-2-20-16(9-11-3-6-13(17)7-4-11)12-5-8-14(18)15(19)10-12/h3-8,10,16,20H,2,9H2,1H3. The predicted octanol–water partition coefficient (Wildman–Crippen LogP) is 5.76. The van der Waals surface area contributed by atoms with Crippen LogP contribution in [0.2, 0.25) is 5.02 Å². The fourth-order valence-corrected chi connectivity index (χ4v) is 2.84. The van der Waals surface area contributed by atoms with Gasteiger partial charge in [0.15, 0.2) is 0 Å². The van der Waals surface area contributed by atoms with Crippen molar-refractivity contribution in [3.05, 3.63) is 67.6 Å². The van der Waals surface area contributed by atoms with Gasteiger partial charge in [-0.05, 0) is 64.3 Å². The van der Waals surface area contributed by atoms with Crippen molar-refractivity contribution in [2.24, 2.45) is 0 Å². The van der Waals surface area contributed by atoms with Gasteiger partial charge in [-0.1, -0.05) is 52.7 Å². The summed E-state index contributed by atoms with van der Waals surface area (Å²) in [6, 6.07) is 14.9. The monoisotopic (exact) mass is 415 g/mol. The van der Waals surface area contributed by atoms with Crippen LogP contribution < -0.4 is 5.32 Å². The van der Waals surface area contributed by atoms with E-state index in [1.54, 1.807) is 0 Å². The minimum Gasteiger partial charge on any atom is -0.310 e. The molecular formula is C16H16Br2ClN. The second-order valence-corrected chi connectivity index (χ2v) is 6.79. The lowest BCUT2D eigenvalue weighted by molar-refractivity contribution is 0.550. The van der Waals surface area contributed by atoms with E-state index in [2.05, 4.69) is 74.4 Å². The van der Waals surface area contributed by atoms with Crippen LogP contribution in [-0.2, 0) is 6.42 Å². The van der Waals surface area contributed by atoms with E-state index < -0.39 is 0 Å². The van der Waals surface area contributed by atoms with Crippen LogP contribution in [0.1, 0.15) is 24.1 Å². The van der Waals surface area contributed by atoms with Crippen LogP contribution in [0, 0.1) is 0 Å². The van der Waals surface area contributed by atoms with Crippen LogP contribution in [0.5, 0.6) is 0 Å². The molecule has 1 unspecified atom stereocenters. The largest absolute Gasteiger partial charge is 0.310 e. The summed E-state index contributed by atoms with van der Waals surface area (Å²) < 4.78 is 2.04. The first-order valence-corrected chi connectivity index (χ1v) is 8.49. The van der Waals surface area contributed by atoms with Gasteiger partial charge in [0.05, 0.1) is 5.02 Å². The Balaban J connectivity index is 2.21. The lowest BCUT2D eigenvalue weighted by Gasteiger charge is -2.19. The molecule has 0 saturated carbocycles. The van der Waals surface area contributed by atoms with Crippen LogP contribution in [0.25, 0.3) is 0 Å². The molecule has 2 aromatic rings. The summed E-state index contributed by atoms with van der Waals surface area (Å²) in [4.78, 5) is 0. The summed E-state index contributed by atoms with van der Waals surface area (Å²) in [7, 11) is 0. The fraction of sp³-hybridized carbons (Fsp3) is 0.250. The molecule has 0 aliphatic rings. The lowest BCUT2D eigenvalue weighted by atomic mass is 9.99. The molecule has 0 aliphatic heterocycles. The van der Waals surface area contributed by atoms with E-state index in [9.17, 15) is 0 Å². The Morgan fingerprint density at radius 2 is 1.80 bits per heavy atom. The number of likely N-dealkylation sites (N-methyl/N-ethyl adjacent to an activating group) is 1. The molecule has 0 spiro atoms. The van der Waals surface area contributed by atoms with Crippen LogP contribution >= 0.6 is 43.5 Å². The molecule has 4 heteroatoms. The van der Waals surface area contributed by atoms with Gasteiger partial charge >= 0.3 is 0 Å². The molecule has 0 aliphatic carbocycles. The second-order valence-electron chi connectivity index (χ2n) is 4.61. The summed E-state index contributed by atoms with van der Waals surface area (Å²) >= 11 is 13.1. The number of hydrogen-bond donors (Lipinski definition) is 1. The topological polar surface area (TPSA) is 12.0 Å². The summed E-state index contributed by atoms with van der Waals surface area (Å²) in [6.07, 6.45) is 0.944. The summed E-state index contributed by atoms with van der Waals surface area (Å²) in [5.74, 6) is 0. The van der Waals surface area contributed by atoms with E-state index in [-0.39, 0.29) is 6.04 Å². The predicted molar refractivity (Wildman–Crippen MR) is 93.4 cm³/mol. The maximum atomic E-state index is 6.20. The number of nitrogens with one attached hydrogen (secondary N) is 1. The van der Waals surface area contributed by atoms with Crippen molar-refractivity contribution >= 4 is 43.5 Å². The third-order valence-electron chi connectivity index (χ3n) is 3.15. The molecule has 2 aromatic carbocycles. The first-order valence-electron chi connectivity index (χ1n) is 6.53. The van der Waals surface area contributed by atoms with E-state index >= 15 is 0 Å². The Kier molecular flexibility index (Phi) is 6.09. The van der Waals surface area contributed by atoms with Crippen molar-refractivity contribution in [2.75, 3.05) is 6.54 Å². The van der Waals surface area contributed by atoms with Gasteiger partial charge in [0.1, 0.15) is 0 Å². The average Bonchev–Trinajstić information content (AvgIpc) is 2.44. The Morgan fingerprint density at radius 3 is 2.40 bits per heavy atom. The lowest BCUT2D eigenvalue weighted by Crippen LogP contribution is -2.23. The first-order chi connectivity index (χ1) is 9.60. The third-order valence-corrected chi connectivity index (χ3v) is 4.91. The molecule has 106 valence electrons. The number of benzene rings is 2. The fourth-order valence-electron chi connectivity index (χ4n) is 2.14. The summed E-state index contributed by atoms with van der Waals surface area (Å²) in [5, 5.41) is 4.27. The molecule has 0 amide bonds. The Bertz CT molecular complexity index is 569. The normalized spacial score (nSPS) is 12.4. The molecule has 20 heavy (non-hydrogen) atoms. The molecule has 0 radical (unpaired) electrons. The molecule has 0 heterocycles. The van der Waals surface area contributed by atoms with Crippen molar-refractivity contribution in [1.82, 2.24) is 5.32 Å². The SMILES string of the molecule is CCNC(Cc1ccc(Br)cc1)c1ccc(Br)c(Cl)c1. The Labute approximate surface area is 142 Å². The number of halogens is 3. The van der Waals surface area contributed by atoms with Gasteiger partial charge in [0.2, 0.25) is 0 Å². The molecule has 1 N–H and O–H groups in total. The summed E-state index contributed by atoms with van der Waals surface area (Å²) in [5.41, 5.74) is 2.51. The Morgan fingerprint density at radius 1 is 1.10 bits per heavy atom. The maximum Gasteiger partial charge on any atom is 0.0551 e. The highest BCUT2D eigenvalue weighted by molar-refractivity contribution is 9.10. The molecule has 2 rings (SSSR count). The molecule has 0 saturated heterocycles. The summed E-state index contributed by atoms with van der Waals surface area (Å²) in [6.45, 7) is 3.05. The first kappa shape index (κ1) is 16.0. The van der Waals surface area contributed by atoms with Crippen molar-refractivity contribution in [2.45, 2.75) is 19.4 Å². The number of rotatable bonds is 5. The van der Waals surface area contributed by atoms with Gasteiger partial charge < -0.3 is 5.32 Å². The second kappa shape index (κ2) is 7.60. The highest BCUT2D eigenvalue weighted by Gasteiger charge is 2.12. The van der Waals surface area contributed by atoms with Gasteiger partial charge in [-0.25, -0.2) is 0 Å². The molecule has 1 nitrogen and oxygen atoms in total. The van der Waals surface area contributed by atoms with Gasteiger partial charge in [0.25, 0.3) is 0 Å². The van der Waals surface area contributed by atoms with Crippen molar-refractivity contribution in [3.8, 4) is 0 Å². The molecule has 0 bridgehead atoms. The van der Waals surface area contributed by atoms with Crippen LogP contribution in [0.15, 0.2) is 51.4 Å². The zero-order chi connectivity index (χ0) is 14.5. The van der Waals surface area contributed by atoms with Gasteiger partial charge in [-0.15, -0.1) is 0 Å². The van der Waals surface area contributed by atoms with E-state index in [4.69, 9.17) is 11.6 Å². The minimum atomic E-state index is 0.270. The maximum absolute atomic E-state index is 6.20. The van der Waals surface area contributed by atoms with Gasteiger partial charge in [0, 0.05) is 15.0 Å². The van der Waals surface area contributed by atoms with Crippen molar-refractivity contribution in [3.63, 3.8) is 0 Å². The molecule has 0 fully saturated rings. The Hall–Kier alpha value is -0.350. The average molecular weight is 418 g/mol. The minimum absolute atomic E-state index is 0.270. The highest BCUT2D eigenvalue weighted by atomic mass is 79.9. The number of hydrogen-bond acceptors (Lipinski definition) is 1.